The molecule has 0 fully saturated rings. The Kier molecular flexibility index (Phi) is 5.33. The van der Waals surface area contributed by atoms with Crippen molar-refractivity contribution in [2.75, 3.05) is 5.32 Å². The van der Waals surface area contributed by atoms with Gasteiger partial charge in [0.15, 0.2) is 5.78 Å². The molecular weight excluding hydrogens is 302 g/mol. The zero-order chi connectivity index (χ0) is 16.1. The fourth-order valence-electron chi connectivity index (χ4n) is 2.04. The van der Waals surface area contributed by atoms with E-state index in [1.807, 2.05) is 13.8 Å². The van der Waals surface area contributed by atoms with Crippen molar-refractivity contribution in [2.24, 2.45) is 0 Å². The average molecular weight is 320 g/mol. The van der Waals surface area contributed by atoms with Gasteiger partial charge in [-0.1, -0.05) is 11.6 Å². The number of hydrogen-bond acceptors (Lipinski definition) is 3. The quantitative estimate of drug-likeness (QED) is 0.825. The van der Waals surface area contributed by atoms with Gasteiger partial charge in [-0.25, -0.2) is 4.68 Å². The summed E-state index contributed by atoms with van der Waals surface area (Å²) in [5.74, 6) is 0.354. The first-order valence-electron chi connectivity index (χ1n) is 7.09. The summed E-state index contributed by atoms with van der Waals surface area (Å²) < 4.78 is 1.72. The van der Waals surface area contributed by atoms with Crippen molar-refractivity contribution in [2.45, 2.75) is 32.7 Å². The number of carbonyl (C=O) groups is 2. The second kappa shape index (κ2) is 7.22. The summed E-state index contributed by atoms with van der Waals surface area (Å²) in [4.78, 5) is 23.9. The van der Waals surface area contributed by atoms with Crippen LogP contribution in [0.15, 0.2) is 36.5 Å². The van der Waals surface area contributed by atoms with Gasteiger partial charge in [0.25, 0.3) is 0 Å². The molecule has 0 aliphatic heterocycles. The fraction of sp³-hybridized carbons (Fsp3) is 0.312. The Morgan fingerprint density at radius 2 is 1.86 bits per heavy atom. The van der Waals surface area contributed by atoms with Gasteiger partial charge >= 0.3 is 0 Å². The fourth-order valence-corrected chi connectivity index (χ4v) is 2.16. The molecule has 1 amide bonds. The lowest BCUT2D eigenvalue weighted by Crippen LogP contribution is -2.17. The van der Waals surface area contributed by atoms with E-state index in [9.17, 15) is 9.59 Å². The molecular formula is C16H18ClN3O2. The molecule has 1 N–H and O–H groups in total. The molecule has 0 unspecified atom stereocenters. The van der Waals surface area contributed by atoms with Gasteiger partial charge in [-0.15, -0.1) is 0 Å². The summed E-state index contributed by atoms with van der Waals surface area (Å²) >= 11 is 5.78. The van der Waals surface area contributed by atoms with Gasteiger partial charge in [0, 0.05) is 35.5 Å². The number of hydrogen-bond donors (Lipinski definition) is 1. The first-order valence-corrected chi connectivity index (χ1v) is 7.47. The first-order chi connectivity index (χ1) is 10.5. The summed E-state index contributed by atoms with van der Waals surface area (Å²) in [6, 6.07) is 8.54. The van der Waals surface area contributed by atoms with E-state index >= 15 is 0 Å². The summed E-state index contributed by atoms with van der Waals surface area (Å²) in [7, 11) is 0. The summed E-state index contributed by atoms with van der Waals surface area (Å²) in [5.41, 5.74) is 0.560. The maximum absolute atomic E-state index is 12.0. The molecule has 0 bridgehead atoms. The monoisotopic (exact) mass is 319 g/mol. The van der Waals surface area contributed by atoms with Gasteiger partial charge in [-0.3, -0.25) is 9.59 Å². The number of aromatic nitrogens is 2. The van der Waals surface area contributed by atoms with E-state index in [2.05, 4.69) is 10.4 Å². The second-order valence-electron chi connectivity index (χ2n) is 5.23. The van der Waals surface area contributed by atoms with E-state index in [-0.39, 0.29) is 30.6 Å². The van der Waals surface area contributed by atoms with E-state index < -0.39 is 0 Å². The maximum Gasteiger partial charge on any atom is 0.225 e. The van der Waals surface area contributed by atoms with Crippen LogP contribution < -0.4 is 5.32 Å². The van der Waals surface area contributed by atoms with E-state index in [0.29, 0.717) is 16.4 Å². The van der Waals surface area contributed by atoms with Gasteiger partial charge in [0.05, 0.1) is 6.20 Å². The van der Waals surface area contributed by atoms with Crippen LogP contribution in [0.3, 0.4) is 0 Å². The van der Waals surface area contributed by atoms with Crippen molar-refractivity contribution in [1.29, 1.82) is 0 Å². The van der Waals surface area contributed by atoms with Crippen molar-refractivity contribution in [3.8, 4) is 0 Å². The Morgan fingerprint density at radius 3 is 2.50 bits per heavy atom. The first kappa shape index (κ1) is 16.2. The largest absolute Gasteiger partial charge is 0.311 e. The van der Waals surface area contributed by atoms with E-state index in [1.54, 1.807) is 41.2 Å². The van der Waals surface area contributed by atoms with Gasteiger partial charge in [-0.05, 0) is 38.1 Å². The summed E-state index contributed by atoms with van der Waals surface area (Å²) in [6.45, 7) is 3.96. The Hall–Kier alpha value is -2.14. The standard InChI is InChI=1S/C16H18ClN3O2/c1-11(2)20-15(9-10-18-20)19-16(22)8-7-14(21)12-3-5-13(17)6-4-12/h3-6,9-11H,7-8H2,1-2H3,(H,19,22). The molecule has 1 heterocycles. The van der Waals surface area contributed by atoms with Gasteiger partial charge in [-0.2, -0.15) is 5.10 Å². The normalized spacial score (nSPS) is 10.7. The molecule has 1 aromatic carbocycles. The molecule has 2 rings (SSSR count). The minimum absolute atomic E-state index is 0.0795. The van der Waals surface area contributed by atoms with Crippen molar-refractivity contribution < 1.29 is 9.59 Å². The highest BCUT2D eigenvalue weighted by Crippen LogP contribution is 2.15. The second-order valence-corrected chi connectivity index (χ2v) is 5.67. The smallest absolute Gasteiger partial charge is 0.225 e. The highest BCUT2D eigenvalue weighted by molar-refractivity contribution is 6.30. The van der Waals surface area contributed by atoms with Crippen LogP contribution in [0.25, 0.3) is 0 Å². The number of anilines is 1. The van der Waals surface area contributed by atoms with E-state index in [4.69, 9.17) is 11.6 Å². The Labute approximate surface area is 134 Å². The summed E-state index contributed by atoms with van der Waals surface area (Å²) in [6.07, 6.45) is 1.92. The predicted octanol–water partition coefficient (Wildman–Crippen LogP) is 3.72. The van der Waals surface area contributed by atoms with E-state index in [0.717, 1.165) is 0 Å². The van der Waals surface area contributed by atoms with Crippen LogP contribution in [0.2, 0.25) is 5.02 Å². The molecule has 6 heteroatoms. The molecule has 5 nitrogen and oxygen atoms in total. The minimum atomic E-state index is -0.204. The molecule has 0 saturated heterocycles. The van der Waals surface area contributed by atoms with Crippen LogP contribution in [-0.4, -0.2) is 21.5 Å². The molecule has 116 valence electrons. The minimum Gasteiger partial charge on any atom is -0.311 e. The third-order valence-electron chi connectivity index (χ3n) is 3.17. The van der Waals surface area contributed by atoms with E-state index in [1.165, 1.54) is 0 Å². The lowest BCUT2D eigenvalue weighted by atomic mass is 10.1. The number of amides is 1. The summed E-state index contributed by atoms with van der Waals surface area (Å²) in [5, 5.41) is 7.50. The number of carbonyl (C=O) groups excluding carboxylic acids is 2. The van der Waals surface area contributed by atoms with Crippen molar-refractivity contribution in [3.63, 3.8) is 0 Å². The lowest BCUT2D eigenvalue weighted by Gasteiger charge is -2.11. The Bertz CT molecular complexity index is 662. The van der Waals surface area contributed by atoms with Crippen molar-refractivity contribution in [1.82, 2.24) is 9.78 Å². The lowest BCUT2D eigenvalue weighted by molar-refractivity contribution is -0.116. The number of halogens is 1. The number of benzene rings is 1. The number of ketones is 1. The number of Topliss-reactive ketones (excluding diaryl/α,β-unsaturated/α-hetero) is 1. The third kappa shape index (κ3) is 4.18. The van der Waals surface area contributed by atoms with Crippen LogP contribution in [0.1, 0.15) is 43.1 Å². The van der Waals surface area contributed by atoms with Gasteiger partial charge in [0.1, 0.15) is 5.82 Å². The number of nitrogens with zero attached hydrogens (tertiary/aromatic N) is 2. The third-order valence-corrected chi connectivity index (χ3v) is 3.42. The molecule has 2 aromatic rings. The highest BCUT2D eigenvalue weighted by atomic mass is 35.5. The molecule has 0 atom stereocenters. The van der Waals surface area contributed by atoms with Crippen LogP contribution in [0, 0.1) is 0 Å². The maximum atomic E-state index is 12.0. The SMILES string of the molecule is CC(C)n1nccc1NC(=O)CCC(=O)c1ccc(Cl)cc1. The molecule has 0 spiro atoms. The predicted molar refractivity (Wildman–Crippen MR) is 86.3 cm³/mol. The Morgan fingerprint density at radius 1 is 1.18 bits per heavy atom. The topological polar surface area (TPSA) is 64.0 Å². The number of nitrogens with one attached hydrogen (secondary N) is 1. The van der Waals surface area contributed by atoms with Crippen LogP contribution in [0.4, 0.5) is 5.82 Å². The van der Waals surface area contributed by atoms with Crippen LogP contribution in [0.5, 0.6) is 0 Å². The molecule has 0 radical (unpaired) electrons. The van der Waals surface area contributed by atoms with Crippen molar-refractivity contribution in [3.05, 3.63) is 47.1 Å². The van der Waals surface area contributed by atoms with Gasteiger partial charge < -0.3 is 5.32 Å². The molecule has 0 aliphatic rings. The number of rotatable bonds is 6. The zero-order valence-electron chi connectivity index (χ0n) is 12.5. The molecule has 0 saturated carbocycles. The molecule has 0 aliphatic carbocycles. The molecule has 22 heavy (non-hydrogen) atoms. The molecule has 1 aromatic heterocycles. The average Bonchev–Trinajstić information content (AvgIpc) is 2.94. The zero-order valence-corrected chi connectivity index (χ0v) is 13.3. The van der Waals surface area contributed by atoms with Crippen LogP contribution in [-0.2, 0) is 4.79 Å². The highest BCUT2D eigenvalue weighted by Gasteiger charge is 2.12. The Balaban J connectivity index is 1.88. The van der Waals surface area contributed by atoms with Crippen molar-refractivity contribution >= 4 is 29.1 Å². The van der Waals surface area contributed by atoms with Crippen LogP contribution >= 0.6 is 11.6 Å². The van der Waals surface area contributed by atoms with Gasteiger partial charge in [0.2, 0.25) is 5.91 Å².